The van der Waals surface area contributed by atoms with Crippen molar-refractivity contribution in [2.75, 3.05) is 5.32 Å². The van der Waals surface area contributed by atoms with E-state index in [4.69, 9.17) is 23.2 Å². The van der Waals surface area contributed by atoms with Crippen molar-refractivity contribution in [1.82, 2.24) is 15.5 Å². The number of carbonyl (C=O) groups is 1. The monoisotopic (exact) mass is 517 g/mol. The molecule has 11 heteroatoms. The average molecular weight is 518 g/mol. The second kappa shape index (κ2) is 10.6. The molecule has 1 amide bonds. The minimum Gasteiger partial charge on any atom is -0.309 e. The molecule has 0 spiro atoms. The molecule has 0 aliphatic rings. The first-order valence-corrected chi connectivity index (χ1v) is 10.9. The summed E-state index contributed by atoms with van der Waals surface area (Å²) < 4.78 is 40.4. The third kappa shape index (κ3) is 6.20. The zero-order chi connectivity index (χ0) is 24.9. The number of hydrogen-bond donors (Lipinski definition) is 3. The largest absolute Gasteiger partial charge is 0.309 e. The van der Waals surface area contributed by atoms with Crippen LogP contribution in [0.1, 0.15) is 15.9 Å². The van der Waals surface area contributed by atoms with Crippen LogP contribution in [0.15, 0.2) is 71.7 Å². The van der Waals surface area contributed by atoms with Gasteiger partial charge >= 0.3 is 0 Å². The topological polar surface area (TPSA) is 82.2 Å². The van der Waals surface area contributed by atoms with E-state index >= 15 is 0 Å². The van der Waals surface area contributed by atoms with Crippen molar-refractivity contribution < 1.29 is 18.0 Å². The lowest BCUT2D eigenvalue weighted by Crippen LogP contribution is -2.36. The molecule has 3 N–H and O–H groups in total. The third-order valence-corrected chi connectivity index (χ3v) is 5.47. The standard InChI is InChI=1S/C24H16Cl2F3N5O/c25-18-8-4-14(9-20(18)29)23(35)32-24(30-12-15-3-7-17(28)10-19(15)26)31-22-11-21(33-34-22)13-1-5-16(27)6-2-13/h1-11H,12H2,(H3,30,31,32,33,34,35). The van der Waals surface area contributed by atoms with Crippen LogP contribution in [0.4, 0.5) is 19.0 Å². The molecule has 178 valence electrons. The Hall–Kier alpha value is -3.82. The van der Waals surface area contributed by atoms with Gasteiger partial charge in [-0.05, 0) is 65.7 Å². The summed E-state index contributed by atoms with van der Waals surface area (Å²) in [5, 5.41) is 12.4. The molecule has 3 aromatic carbocycles. The molecule has 0 unspecified atom stereocenters. The summed E-state index contributed by atoms with van der Waals surface area (Å²) in [7, 11) is 0. The molecule has 1 aromatic heterocycles. The summed E-state index contributed by atoms with van der Waals surface area (Å²) in [6.45, 7) is -0.00799. The number of benzene rings is 3. The number of anilines is 1. The number of aromatic amines is 1. The number of guanidine groups is 1. The van der Waals surface area contributed by atoms with Crippen LogP contribution in [0.5, 0.6) is 0 Å². The predicted octanol–water partition coefficient (Wildman–Crippen LogP) is 6.20. The molecule has 0 atom stereocenters. The van der Waals surface area contributed by atoms with Gasteiger partial charge in [0.25, 0.3) is 5.91 Å². The first kappa shape index (κ1) is 24.3. The molecular formula is C24H16Cl2F3N5O. The van der Waals surface area contributed by atoms with Crippen LogP contribution in [0.3, 0.4) is 0 Å². The van der Waals surface area contributed by atoms with E-state index in [2.05, 4.69) is 25.8 Å². The number of nitrogens with one attached hydrogen (secondary N) is 3. The van der Waals surface area contributed by atoms with E-state index in [-0.39, 0.29) is 39.7 Å². The van der Waals surface area contributed by atoms with Gasteiger partial charge in [-0.15, -0.1) is 0 Å². The molecule has 0 radical (unpaired) electrons. The Morgan fingerprint density at radius 3 is 2.37 bits per heavy atom. The summed E-state index contributed by atoms with van der Waals surface area (Å²) in [5.41, 5.74) is 1.78. The highest BCUT2D eigenvalue weighted by Gasteiger charge is 2.14. The van der Waals surface area contributed by atoms with Crippen molar-refractivity contribution in [1.29, 1.82) is 0 Å². The van der Waals surface area contributed by atoms with Gasteiger partial charge in [0.05, 0.1) is 17.3 Å². The summed E-state index contributed by atoms with van der Waals surface area (Å²) in [6, 6.07) is 14.9. The van der Waals surface area contributed by atoms with Gasteiger partial charge < -0.3 is 5.32 Å². The molecule has 35 heavy (non-hydrogen) atoms. The summed E-state index contributed by atoms with van der Waals surface area (Å²) in [6.07, 6.45) is 0. The number of amides is 1. The zero-order valence-electron chi connectivity index (χ0n) is 17.8. The fraction of sp³-hybridized carbons (Fsp3) is 0.0417. The predicted molar refractivity (Wildman–Crippen MR) is 129 cm³/mol. The summed E-state index contributed by atoms with van der Waals surface area (Å²) in [5.74, 6) is -2.02. The van der Waals surface area contributed by atoms with Gasteiger partial charge in [-0.1, -0.05) is 29.3 Å². The maximum Gasteiger partial charge on any atom is 0.258 e. The first-order chi connectivity index (χ1) is 16.8. The number of carbonyl (C=O) groups excluding carboxylic acids is 1. The molecule has 4 rings (SSSR count). The lowest BCUT2D eigenvalue weighted by atomic mass is 10.1. The molecule has 0 saturated carbocycles. The second-order valence-corrected chi connectivity index (χ2v) is 8.10. The normalized spacial score (nSPS) is 11.4. The van der Waals surface area contributed by atoms with Crippen molar-refractivity contribution in [3.05, 3.63) is 105 Å². The van der Waals surface area contributed by atoms with Gasteiger partial charge in [-0.3, -0.25) is 15.2 Å². The SMILES string of the molecule is O=C(NC(=NCc1ccc(F)cc1Cl)Nc1cc(-c2ccc(F)cc2)[nH]n1)c1ccc(Cl)c(F)c1. The van der Waals surface area contributed by atoms with Crippen LogP contribution in [0, 0.1) is 17.5 Å². The minimum absolute atomic E-state index is 0.00799. The maximum absolute atomic E-state index is 13.8. The lowest BCUT2D eigenvalue weighted by Gasteiger charge is -2.11. The summed E-state index contributed by atoms with van der Waals surface area (Å²) >= 11 is 11.8. The number of H-pyrrole nitrogens is 1. The Bertz CT molecular complexity index is 1410. The lowest BCUT2D eigenvalue weighted by molar-refractivity contribution is 0.0976. The molecule has 0 fully saturated rings. The number of nitrogens with zero attached hydrogens (tertiary/aromatic N) is 2. The van der Waals surface area contributed by atoms with Gasteiger partial charge in [-0.25, -0.2) is 18.2 Å². The Morgan fingerprint density at radius 2 is 1.66 bits per heavy atom. The highest BCUT2D eigenvalue weighted by atomic mass is 35.5. The van der Waals surface area contributed by atoms with Gasteiger partial charge in [0.15, 0.2) is 5.82 Å². The van der Waals surface area contributed by atoms with E-state index in [0.717, 1.165) is 12.1 Å². The Labute approximate surface area is 207 Å². The number of halogens is 5. The van der Waals surface area contributed by atoms with E-state index in [9.17, 15) is 18.0 Å². The number of aliphatic imine (C=N–C) groups is 1. The highest BCUT2D eigenvalue weighted by Crippen LogP contribution is 2.21. The van der Waals surface area contributed by atoms with Crippen molar-refractivity contribution in [3.63, 3.8) is 0 Å². The van der Waals surface area contributed by atoms with Crippen molar-refractivity contribution in [3.8, 4) is 11.3 Å². The van der Waals surface area contributed by atoms with E-state index in [0.29, 0.717) is 16.8 Å². The van der Waals surface area contributed by atoms with Crippen LogP contribution in [0.25, 0.3) is 11.3 Å². The molecule has 1 heterocycles. The van der Waals surface area contributed by atoms with E-state index in [1.165, 1.54) is 36.4 Å². The Kier molecular flexibility index (Phi) is 7.38. The summed E-state index contributed by atoms with van der Waals surface area (Å²) in [4.78, 5) is 17.0. The van der Waals surface area contributed by atoms with E-state index < -0.39 is 17.5 Å². The average Bonchev–Trinajstić information content (AvgIpc) is 3.29. The van der Waals surface area contributed by atoms with Crippen molar-refractivity contribution in [2.24, 2.45) is 4.99 Å². The fourth-order valence-electron chi connectivity index (χ4n) is 3.03. The van der Waals surface area contributed by atoms with Crippen molar-refractivity contribution >= 4 is 40.9 Å². The highest BCUT2D eigenvalue weighted by molar-refractivity contribution is 6.31. The Morgan fingerprint density at radius 1 is 0.914 bits per heavy atom. The molecule has 6 nitrogen and oxygen atoms in total. The van der Waals surface area contributed by atoms with Crippen LogP contribution in [-0.2, 0) is 6.54 Å². The van der Waals surface area contributed by atoms with Gasteiger partial charge in [0.2, 0.25) is 5.96 Å². The van der Waals surface area contributed by atoms with E-state index in [1.54, 1.807) is 18.2 Å². The molecule has 4 aromatic rings. The Balaban J connectivity index is 1.58. The van der Waals surface area contributed by atoms with Crippen LogP contribution >= 0.6 is 23.2 Å². The van der Waals surface area contributed by atoms with Crippen LogP contribution in [0.2, 0.25) is 10.0 Å². The van der Waals surface area contributed by atoms with Gasteiger partial charge in [0.1, 0.15) is 17.5 Å². The second-order valence-electron chi connectivity index (χ2n) is 7.28. The maximum atomic E-state index is 13.8. The minimum atomic E-state index is -0.750. The molecule has 0 bridgehead atoms. The number of rotatable bonds is 5. The zero-order valence-corrected chi connectivity index (χ0v) is 19.3. The molecule has 0 aliphatic heterocycles. The smallest absolute Gasteiger partial charge is 0.258 e. The van der Waals surface area contributed by atoms with Gasteiger partial charge in [-0.2, -0.15) is 5.10 Å². The fourth-order valence-corrected chi connectivity index (χ4v) is 3.37. The molecular weight excluding hydrogens is 502 g/mol. The quantitative estimate of drug-likeness (QED) is 0.218. The van der Waals surface area contributed by atoms with E-state index in [1.807, 2.05) is 0 Å². The first-order valence-electron chi connectivity index (χ1n) is 10.1. The van der Waals surface area contributed by atoms with Crippen LogP contribution < -0.4 is 10.6 Å². The number of aromatic nitrogens is 2. The number of hydrogen-bond acceptors (Lipinski definition) is 3. The van der Waals surface area contributed by atoms with Crippen molar-refractivity contribution in [2.45, 2.75) is 6.54 Å². The van der Waals surface area contributed by atoms with Gasteiger partial charge in [0, 0.05) is 16.7 Å². The molecule has 0 aliphatic carbocycles. The third-order valence-electron chi connectivity index (χ3n) is 4.82. The van der Waals surface area contributed by atoms with Crippen LogP contribution in [-0.4, -0.2) is 22.1 Å². The molecule has 0 saturated heterocycles.